The van der Waals surface area contributed by atoms with Gasteiger partial charge in [0.15, 0.2) is 0 Å². The number of anilines is 1. The van der Waals surface area contributed by atoms with Crippen molar-refractivity contribution in [2.75, 3.05) is 18.1 Å². The van der Waals surface area contributed by atoms with E-state index in [2.05, 4.69) is 0 Å². The summed E-state index contributed by atoms with van der Waals surface area (Å²) >= 11 is 6.09. The molecule has 132 valence electrons. The minimum Gasteiger partial charge on any atom is -0.465 e. The molecule has 5 nitrogen and oxygen atoms in total. The lowest BCUT2D eigenvalue weighted by molar-refractivity contribution is -0.152. The van der Waals surface area contributed by atoms with Crippen molar-refractivity contribution in [3.63, 3.8) is 0 Å². The van der Waals surface area contributed by atoms with Gasteiger partial charge in [0.25, 0.3) is 0 Å². The van der Waals surface area contributed by atoms with Crippen molar-refractivity contribution in [3.05, 3.63) is 40.9 Å². The van der Waals surface area contributed by atoms with Crippen LogP contribution in [-0.4, -0.2) is 36.7 Å². The number of benzene rings is 1. The Kier molecular flexibility index (Phi) is 3.89. The van der Waals surface area contributed by atoms with Crippen LogP contribution in [0.5, 0.6) is 0 Å². The van der Waals surface area contributed by atoms with Crippen LogP contribution < -0.4 is 4.90 Å². The molecule has 0 N–H and O–H groups in total. The molecule has 0 aliphatic carbocycles. The standard InChI is InChI=1S/C19H20ClNO4/c1-3-8-24-18(23)15-14-6-7-19(25-14)10-21(17(22)16(15)19)12-4-5-13(20)11(2)9-12/h4-7,9,14-16H,3,8,10H2,1-2H3/t14-,15-,16+,19+/m1/s1. The van der Waals surface area contributed by atoms with E-state index >= 15 is 0 Å². The molecule has 4 atom stereocenters. The maximum Gasteiger partial charge on any atom is 0.312 e. The van der Waals surface area contributed by atoms with Crippen LogP contribution in [0.4, 0.5) is 5.69 Å². The van der Waals surface area contributed by atoms with Gasteiger partial charge in [-0.1, -0.05) is 30.7 Å². The van der Waals surface area contributed by atoms with Gasteiger partial charge in [0.05, 0.1) is 25.2 Å². The SMILES string of the molecule is CCCOC(=O)[C@H]1[C@H]2C(=O)N(c3ccc(Cl)c(C)c3)C[C@@]23C=C[C@H]1O3. The average Bonchev–Trinajstić information content (AvgIpc) is 3.23. The average molecular weight is 362 g/mol. The molecule has 0 aromatic heterocycles. The quantitative estimate of drug-likeness (QED) is 0.611. The molecule has 2 bridgehead atoms. The van der Waals surface area contributed by atoms with Gasteiger partial charge in [-0.25, -0.2) is 0 Å². The molecule has 0 radical (unpaired) electrons. The van der Waals surface area contributed by atoms with Gasteiger partial charge >= 0.3 is 5.97 Å². The third kappa shape index (κ3) is 2.41. The maximum absolute atomic E-state index is 13.1. The highest BCUT2D eigenvalue weighted by molar-refractivity contribution is 6.31. The minimum atomic E-state index is -0.731. The molecular weight excluding hydrogens is 342 g/mol. The van der Waals surface area contributed by atoms with Crippen LogP contribution in [-0.2, 0) is 19.1 Å². The second-order valence-corrected chi connectivity index (χ2v) is 7.33. The minimum absolute atomic E-state index is 0.0907. The van der Waals surface area contributed by atoms with Crippen molar-refractivity contribution in [2.24, 2.45) is 11.8 Å². The lowest BCUT2D eigenvalue weighted by atomic mass is 9.77. The molecule has 1 spiro atoms. The zero-order valence-corrected chi connectivity index (χ0v) is 15.0. The molecule has 3 aliphatic rings. The molecule has 0 unspecified atom stereocenters. The van der Waals surface area contributed by atoms with Crippen LogP contribution in [0, 0.1) is 18.8 Å². The summed E-state index contributed by atoms with van der Waals surface area (Å²) in [5.74, 6) is -1.53. The van der Waals surface area contributed by atoms with E-state index < -0.39 is 17.4 Å². The molecule has 1 aromatic carbocycles. The van der Waals surface area contributed by atoms with E-state index in [0.29, 0.717) is 18.2 Å². The first-order valence-electron chi connectivity index (χ1n) is 8.58. The molecule has 2 fully saturated rings. The van der Waals surface area contributed by atoms with Gasteiger partial charge in [0.1, 0.15) is 11.5 Å². The highest BCUT2D eigenvalue weighted by atomic mass is 35.5. The number of amides is 1. The highest BCUT2D eigenvalue weighted by Gasteiger charge is 2.67. The fourth-order valence-corrected chi connectivity index (χ4v) is 4.20. The van der Waals surface area contributed by atoms with Crippen molar-refractivity contribution >= 4 is 29.2 Å². The summed E-state index contributed by atoms with van der Waals surface area (Å²) in [5.41, 5.74) is 0.948. The molecule has 4 rings (SSSR count). The molecule has 6 heteroatoms. The number of carbonyl (C=O) groups is 2. The topological polar surface area (TPSA) is 55.8 Å². The van der Waals surface area contributed by atoms with E-state index in [4.69, 9.17) is 21.1 Å². The predicted molar refractivity (Wildman–Crippen MR) is 93.5 cm³/mol. The third-order valence-electron chi connectivity index (χ3n) is 5.27. The summed E-state index contributed by atoms with van der Waals surface area (Å²) in [5, 5.41) is 0.659. The van der Waals surface area contributed by atoms with Crippen molar-refractivity contribution in [3.8, 4) is 0 Å². The second kappa shape index (κ2) is 5.85. The number of hydrogen-bond acceptors (Lipinski definition) is 4. The number of hydrogen-bond donors (Lipinski definition) is 0. The van der Waals surface area contributed by atoms with Crippen LogP contribution in [0.3, 0.4) is 0 Å². The first-order valence-corrected chi connectivity index (χ1v) is 8.96. The Balaban J connectivity index is 1.65. The summed E-state index contributed by atoms with van der Waals surface area (Å²) < 4.78 is 11.4. The van der Waals surface area contributed by atoms with Crippen LogP contribution in [0.25, 0.3) is 0 Å². The van der Waals surface area contributed by atoms with Gasteiger partial charge < -0.3 is 14.4 Å². The Morgan fingerprint density at radius 2 is 2.28 bits per heavy atom. The Morgan fingerprint density at radius 1 is 1.48 bits per heavy atom. The van der Waals surface area contributed by atoms with Gasteiger partial charge in [-0.2, -0.15) is 0 Å². The number of ether oxygens (including phenoxy) is 2. The van der Waals surface area contributed by atoms with E-state index in [0.717, 1.165) is 17.7 Å². The zero-order chi connectivity index (χ0) is 17.8. The first kappa shape index (κ1) is 16.6. The fraction of sp³-hybridized carbons (Fsp3) is 0.474. The molecule has 3 aliphatic heterocycles. The number of esters is 1. The fourth-order valence-electron chi connectivity index (χ4n) is 4.08. The number of nitrogens with zero attached hydrogens (tertiary/aromatic N) is 1. The van der Waals surface area contributed by atoms with E-state index in [1.54, 1.807) is 11.0 Å². The summed E-state index contributed by atoms with van der Waals surface area (Å²) in [7, 11) is 0. The Hall–Kier alpha value is -1.85. The lowest BCUT2D eigenvalue weighted by Crippen LogP contribution is -2.40. The number of carbonyl (C=O) groups excluding carboxylic acids is 2. The Labute approximate surface area is 151 Å². The number of aryl methyl sites for hydroxylation is 1. The molecule has 1 aromatic rings. The number of fused-ring (bicyclic) bond motifs is 1. The van der Waals surface area contributed by atoms with E-state index in [1.165, 1.54) is 0 Å². The summed E-state index contributed by atoms with van der Waals surface area (Å²) in [6, 6.07) is 5.50. The molecule has 0 saturated carbocycles. The third-order valence-corrected chi connectivity index (χ3v) is 5.70. The first-order chi connectivity index (χ1) is 12.0. The summed E-state index contributed by atoms with van der Waals surface area (Å²) in [4.78, 5) is 27.3. The predicted octanol–water partition coefficient (Wildman–Crippen LogP) is 2.89. The van der Waals surface area contributed by atoms with Gasteiger partial charge in [-0.3, -0.25) is 9.59 Å². The second-order valence-electron chi connectivity index (χ2n) is 6.93. The van der Waals surface area contributed by atoms with Crippen molar-refractivity contribution in [1.29, 1.82) is 0 Å². The number of halogens is 1. The Morgan fingerprint density at radius 3 is 3.00 bits per heavy atom. The van der Waals surface area contributed by atoms with Gasteiger partial charge in [0, 0.05) is 10.7 Å². The summed E-state index contributed by atoms with van der Waals surface area (Å²) in [6.07, 6.45) is 4.21. The van der Waals surface area contributed by atoms with Crippen LogP contribution >= 0.6 is 11.6 Å². The maximum atomic E-state index is 13.1. The summed E-state index contributed by atoms with van der Waals surface area (Å²) in [6.45, 7) is 4.61. The molecule has 1 amide bonds. The zero-order valence-electron chi connectivity index (χ0n) is 14.2. The smallest absolute Gasteiger partial charge is 0.312 e. The highest BCUT2D eigenvalue weighted by Crippen LogP contribution is 2.53. The molecule has 2 saturated heterocycles. The van der Waals surface area contributed by atoms with Crippen LogP contribution in [0.2, 0.25) is 5.02 Å². The largest absolute Gasteiger partial charge is 0.465 e. The van der Waals surface area contributed by atoms with E-state index in [-0.39, 0.29) is 18.0 Å². The molecular formula is C19H20ClNO4. The van der Waals surface area contributed by atoms with Crippen molar-refractivity contribution < 1.29 is 19.1 Å². The van der Waals surface area contributed by atoms with E-state index in [1.807, 2.05) is 38.1 Å². The van der Waals surface area contributed by atoms with Crippen LogP contribution in [0.1, 0.15) is 18.9 Å². The van der Waals surface area contributed by atoms with Crippen molar-refractivity contribution in [1.82, 2.24) is 0 Å². The molecule has 3 heterocycles. The van der Waals surface area contributed by atoms with Crippen LogP contribution in [0.15, 0.2) is 30.4 Å². The molecule has 25 heavy (non-hydrogen) atoms. The lowest BCUT2D eigenvalue weighted by Gasteiger charge is -2.22. The van der Waals surface area contributed by atoms with E-state index in [9.17, 15) is 9.59 Å². The normalized spacial score (nSPS) is 32.4. The van der Waals surface area contributed by atoms with Gasteiger partial charge in [-0.15, -0.1) is 0 Å². The van der Waals surface area contributed by atoms with Gasteiger partial charge in [-0.05, 0) is 37.1 Å². The monoisotopic (exact) mass is 361 g/mol. The Bertz CT molecular complexity index is 777. The van der Waals surface area contributed by atoms with Gasteiger partial charge in [0.2, 0.25) is 5.91 Å². The van der Waals surface area contributed by atoms with Crippen molar-refractivity contribution in [2.45, 2.75) is 32.0 Å². The number of rotatable bonds is 4.